The first-order valence-corrected chi connectivity index (χ1v) is 5.20. The van der Waals surface area contributed by atoms with Crippen LogP contribution in [0.4, 0.5) is 5.82 Å². The maximum Gasteiger partial charge on any atom is 0.256 e. The fraction of sp³-hybridized carbons (Fsp3) is 0.300. The van der Waals surface area contributed by atoms with Crippen LogP contribution in [0.1, 0.15) is 10.4 Å². The summed E-state index contributed by atoms with van der Waals surface area (Å²) >= 11 is 0. The first kappa shape index (κ1) is 11.2. The SMILES string of the molecule is Cn1ncc(C(=O)NCCn2ccnc2)c1N. The molecule has 0 spiro atoms. The Morgan fingerprint density at radius 3 is 3.00 bits per heavy atom. The van der Waals surface area contributed by atoms with Crippen molar-refractivity contribution in [3.63, 3.8) is 0 Å². The van der Waals surface area contributed by atoms with Gasteiger partial charge in [-0.15, -0.1) is 0 Å². The number of nitrogens with one attached hydrogen (secondary N) is 1. The highest BCUT2D eigenvalue weighted by Crippen LogP contribution is 2.08. The van der Waals surface area contributed by atoms with E-state index in [1.54, 1.807) is 19.6 Å². The minimum atomic E-state index is -0.212. The fourth-order valence-corrected chi connectivity index (χ4v) is 1.43. The Kier molecular flexibility index (Phi) is 3.08. The zero-order chi connectivity index (χ0) is 12.3. The number of rotatable bonds is 4. The highest BCUT2D eigenvalue weighted by molar-refractivity contribution is 5.98. The lowest BCUT2D eigenvalue weighted by Crippen LogP contribution is -2.27. The molecule has 0 aliphatic carbocycles. The van der Waals surface area contributed by atoms with Crippen molar-refractivity contribution in [3.05, 3.63) is 30.5 Å². The van der Waals surface area contributed by atoms with Gasteiger partial charge in [0.2, 0.25) is 0 Å². The van der Waals surface area contributed by atoms with Crippen molar-refractivity contribution < 1.29 is 4.79 Å². The molecule has 17 heavy (non-hydrogen) atoms. The summed E-state index contributed by atoms with van der Waals surface area (Å²) < 4.78 is 3.34. The molecule has 2 aromatic rings. The molecule has 0 aromatic carbocycles. The third kappa shape index (κ3) is 2.44. The average molecular weight is 234 g/mol. The van der Waals surface area contributed by atoms with Crippen molar-refractivity contribution in [2.75, 3.05) is 12.3 Å². The van der Waals surface area contributed by atoms with Crippen LogP contribution < -0.4 is 11.1 Å². The van der Waals surface area contributed by atoms with Crippen molar-refractivity contribution in [2.45, 2.75) is 6.54 Å². The number of carbonyl (C=O) groups is 1. The number of amides is 1. The Bertz CT molecular complexity index is 501. The number of nitrogens with zero attached hydrogens (tertiary/aromatic N) is 4. The molecule has 0 unspecified atom stereocenters. The van der Waals surface area contributed by atoms with E-state index in [1.165, 1.54) is 10.9 Å². The molecular formula is C10H14N6O. The van der Waals surface area contributed by atoms with Crippen molar-refractivity contribution >= 4 is 11.7 Å². The van der Waals surface area contributed by atoms with E-state index >= 15 is 0 Å². The van der Waals surface area contributed by atoms with Gasteiger partial charge in [-0.3, -0.25) is 9.48 Å². The van der Waals surface area contributed by atoms with Crippen LogP contribution in [0.2, 0.25) is 0 Å². The molecule has 7 heteroatoms. The average Bonchev–Trinajstić information content (AvgIpc) is 2.91. The summed E-state index contributed by atoms with van der Waals surface area (Å²) in [6, 6.07) is 0. The number of aromatic nitrogens is 4. The monoisotopic (exact) mass is 234 g/mol. The number of aryl methyl sites for hydroxylation is 1. The molecule has 2 rings (SSSR count). The summed E-state index contributed by atoms with van der Waals surface area (Å²) in [5, 5.41) is 6.68. The molecule has 0 fully saturated rings. The summed E-state index contributed by atoms with van der Waals surface area (Å²) in [7, 11) is 1.69. The first-order valence-electron chi connectivity index (χ1n) is 5.20. The van der Waals surface area contributed by atoms with Gasteiger partial charge in [0.15, 0.2) is 0 Å². The number of imidazole rings is 1. The van der Waals surface area contributed by atoms with Crippen molar-refractivity contribution in [3.8, 4) is 0 Å². The summed E-state index contributed by atoms with van der Waals surface area (Å²) in [5.41, 5.74) is 6.10. The van der Waals surface area contributed by atoms with Crippen LogP contribution in [0, 0.1) is 0 Å². The summed E-state index contributed by atoms with van der Waals surface area (Å²) in [6.45, 7) is 1.19. The standard InChI is InChI=1S/C10H14N6O/c1-15-9(11)8(6-14-15)10(17)13-3-5-16-4-2-12-7-16/h2,4,6-7H,3,5,11H2,1H3,(H,13,17). The molecule has 0 bridgehead atoms. The molecule has 0 aliphatic rings. The Hall–Kier alpha value is -2.31. The van der Waals surface area contributed by atoms with Gasteiger partial charge in [-0.2, -0.15) is 5.10 Å². The molecule has 0 saturated carbocycles. The van der Waals surface area contributed by atoms with E-state index in [0.29, 0.717) is 24.5 Å². The van der Waals surface area contributed by atoms with E-state index in [-0.39, 0.29) is 5.91 Å². The lowest BCUT2D eigenvalue weighted by Gasteiger charge is -2.05. The van der Waals surface area contributed by atoms with Gasteiger partial charge in [0.05, 0.1) is 12.5 Å². The largest absolute Gasteiger partial charge is 0.383 e. The normalized spacial score (nSPS) is 10.4. The van der Waals surface area contributed by atoms with Crippen LogP contribution in [0.15, 0.2) is 24.9 Å². The zero-order valence-corrected chi connectivity index (χ0v) is 9.50. The van der Waals surface area contributed by atoms with E-state index in [0.717, 1.165) is 0 Å². The Balaban J connectivity index is 1.87. The molecule has 3 N–H and O–H groups in total. The highest BCUT2D eigenvalue weighted by atomic mass is 16.1. The van der Waals surface area contributed by atoms with E-state index in [9.17, 15) is 4.79 Å². The quantitative estimate of drug-likeness (QED) is 0.755. The van der Waals surface area contributed by atoms with Crippen LogP contribution in [0.25, 0.3) is 0 Å². The van der Waals surface area contributed by atoms with Crippen molar-refractivity contribution in [1.82, 2.24) is 24.6 Å². The lowest BCUT2D eigenvalue weighted by atomic mass is 10.3. The van der Waals surface area contributed by atoms with Gasteiger partial charge in [-0.25, -0.2) is 4.98 Å². The maximum absolute atomic E-state index is 11.7. The molecule has 1 amide bonds. The second kappa shape index (κ2) is 4.69. The molecule has 2 heterocycles. The van der Waals surface area contributed by atoms with E-state index in [2.05, 4.69) is 15.4 Å². The van der Waals surface area contributed by atoms with E-state index < -0.39 is 0 Å². The van der Waals surface area contributed by atoms with Crippen LogP contribution in [0.3, 0.4) is 0 Å². The topological polar surface area (TPSA) is 90.8 Å². The smallest absolute Gasteiger partial charge is 0.256 e. The van der Waals surface area contributed by atoms with Gasteiger partial charge in [0.1, 0.15) is 11.4 Å². The van der Waals surface area contributed by atoms with Crippen molar-refractivity contribution in [2.24, 2.45) is 7.05 Å². The van der Waals surface area contributed by atoms with Crippen LogP contribution >= 0.6 is 0 Å². The fourth-order valence-electron chi connectivity index (χ4n) is 1.43. The second-order valence-corrected chi connectivity index (χ2v) is 3.62. The molecule has 0 atom stereocenters. The van der Waals surface area contributed by atoms with Crippen LogP contribution in [0.5, 0.6) is 0 Å². The lowest BCUT2D eigenvalue weighted by molar-refractivity contribution is 0.0953. The summed E-state index contributed by atoms with van der Waals surface area (Å²) in [5.74, 6) is 0.154. The van der Waals surface area contributed by atoms with Crippen LogP contribution in [-0.4, -0.2) is 31.8 Å². The third-order valence-corrected chi connectivity index (χ3v) is 2.44. The Morgan fingerprint density at radius 2 is 2.41 bits per heavy atom. The number of nitrogen functional groups attached to an aromatic ring is 1. The minimum Gasteiger partial charge on any atom is -0.383 e. The van der Waals surface area contributed by atoms with Gasteiger partial charge in [0.25, 0.3) is 5.91 Å². The number of nitrogens with two attached hydrogens (primary N) is 1. The predicted octanol–water partition coefficient (Wildman–Crippen LogP) is -0.371. The van der Waals surface area contributed by atoms with Crippen LogP contribution in [-0.2, 0) is 13.6 Å². The number of carbonyl (C=O) groups excluding carboxylic acids is 1. The van der Waals surface area contributed by atoms with Gasteiger partial charge >= 0.3 is 0 Å². The molecule has 0 aliphatic heterocycles. The minimum absolute atomic E-state index is 0.212. The van der Waals surface area contributed by atoms with Gasteiger partial charge in [-0.1, -0.05) is 0 Å². The zero-order valence-electron chi connectivity index (χ0n) is 9.50. The molecule has 2 aromatic heterocycles. The third-order valence-electron chi connectivity index (χ3n) is 2.44. The van der Waals surface area contributed by atoms with Gasteiger partial charge in [-0.05, 0) is 0 Å². The first-order chi connectivity index (χ1) is 8.18. The van der Waals surface area contributed by atoms with Gasteiger partial charge in [0, 0.05) is 32.5 Å². The molecule has 0 saturated heterocycles. The molecule has 90 valence electrons. The number of anilines is 1. The number of hydrogen-bond acceptors (Lipinski definition) is 4. The predicted molar refractivity (Wildman–Crippen MR) is 62.2 cm³/mol. The van der Waals surface area contributed by atoms with E-state index in [1.807, 2.05) is 10.8 Å². The molecular weight excluding hydrogens is 220 g/mol. The van der Waals surface area contributed by atoms with Crippen molar-refractivity contribution in [1.29, 1.82) is 0 Å². The maximum atomic E-state index is 11.7. The highest BCUT2D eigenvalue weighted by Gasteiger charge is 2.12. The summed E-state index contributed by atoms with van der Waals surface area (Å²) in [6.07, 6.45) is 6.69. The Labute approximate surface area is 98.2 Å². The van der Waals surface area contributed by atoms with E-state index in [4.69, 9.17) is 5.73 Å². The second-order valence-electron chi connectivity index (χ2n) is 3.62. The Morgan fingerprint density at radius 1 is 1.59 bits per heavy atom. The summed E-state index contributed by atoms with van der Waals surface area (Å²) in [4.78, 5) is 15.7. The van der Waals surface area contributed by atoms with Gasteiger partial charge < -0.3 is 15.6 Å². The molecule has 0 radical (unpaired) electrons. The molecule has 7 nitrogen and oxygen atoms in total. The number of hydrogen-bond donors (Lipinski definition) is 2.